The number of unbranched alkanes of at least 4 members (excludes halogenated alkanes) is 14. The Bertz CT molecular complexity index is 551. The predicted molar refractivity (Wildman–Crippen MR) is 144 cm³/mol. The SMILES string of the molecule is CCCCCCCCCCCCCCCCCC(=O)NCCN(CCOCCC(=O)O)CCC(=O)O.[Na+]. The number of hydrogen-bond acceptors (Lipinski definition) is 5. The molecule has 0 heterocycles. The first kappa shape index (κ1) is 38.5. The molecule has 1 amide bonds. The maximum Gasteiger partial charge on any atom is 1.00 e. The molecule has 0 aliphatic heterocycles. The number of hydrogen-bond donors (Lipinski definition) is 3. The normalized spacial score (nSPS) is 10.9. The second kappa shape index (κ2) is 29.9. The van der Waals surface area contributed by atoms with Gasteiger partial charge in [-0.3, -0.25) is 19.3 Å². The third-order valence-corrected chi connectivity index (χ3v) is 6.41. The van der Waals surface area contributed by atoms with Crippen LogP contribution in [0.15, 0.2) is 0 Å². The number of carbonyl (C=O) groups excluding carboxylic acids is 1. The summed E-state index contributed by atoms with van der Waals surface area (Å²) in [6.07, 6.45) is 20.0. The molecule has 0 saturated carbocycles. The van der Waals surface area contributed by atoms with Crippen molar-refractivity contribution in [1.82, 2.24) is 10.2 Å². The van der Waals surface area contributed by atoms with Gasteiger partial charge in [-0.2, -0.15) is 0 Å². The Morgan fingerprint density at radius 1 is 0.622 bits per heavy atom. The first-order valence-corrected chi connectivity index (χ1v) is 14.5. The third-order valence-electron chi connectivity index (χ3n) is 6.41. The van der Waals surface area contributed by atoms with Crippen molar-refractivity contribution in [2.45, 2.75) is 122 Å². The Labute approximate surface area is 248 Å². The molecular weight excluding hydrogens is 483 g/mol. The van der Waals surface area contributed by atoms with Gasteiger partial charge in [0.1, 0.15) is 0 Å². The summed E-state index contributed by atoms with van der Waals surface area (Å²) in [5, 5.41) is 20.5. The average Bonchev–Trinajstić information content (AvgIpc) is 2.84. The fourth-order valence-electron chi connectivity index (χ4n) is 4.14. The molecule has 0 saturated heterocycles. The van der Waals surface area contributed by atoms with Crippen LogP contribution in [-0.2, 0) is 19.1 Å². The molecule has 212 valence electrons. The molecular formula is C28H54N2NaO6+. The number of carboxylic acid groups (broad SMARTS) is 2. The van der Waals surface area contributed by atoms with Gasteiger partial charge in [-0.1, -0.05) is 96.8 Å². The molecule has 0 radical (unpaired) electrons. The molecule has 0 aromatic rings. The van der Waals surface area contributed by atoms with Crippen LogP contribution in [0.3, 0.4) is 0 Å². The number of aliphatic carboxylic acids is 2. The van der Waals surface area contributed by atoms with Gasteiger partial charge >= 0.3 is 41.5 Å². The molecule has 0 aliphatic rings. The molecule has 0 rings (SSSR count). The maximum absolute atomic E-state index is 12.1. The zero-order valence-electron chi connectivity index (χ0n) is 23.9. The number of nitrogens with zero attached hydrogens (tertiary/aromatic N) is 1. The topological polar surface area (TPSA) is 116 Å². The largest absolute Gasteiger partial charge is 1.00 e. The predicted octanol–water partition coefficient (Wildman–Crippen LogP) is 2.64. The number of carboxylic acids is 2. The van der Waals surface area contributed by atoms with Gasteiger partial charge in [-0.15, -0.1) is 0 Å². The van der Waals surface area contributed by atoms with Gasteiger partial charge in [0.15, 0.2) is 0 Å². The van der Waals surface area contributed by atoms with Crippen molar-refractivity contribution in [3.05, 3.63) is 0 Å². The average molecular weight is 538 g/mol. The van der Waals surface area contributed by atoms with Crippen molar-refractivity contribution in [2.75, 3.05) is 39.4 Å². The summed E-state index contributed by atoms with van der Waals surface area (Å²) >= 11 is 0. The van der Waals surface area contributed by atoms with Gasteiger partial charge in [-0.05, 0) is 6.42 Å². The monoisotopic (exact) mass is 537 g/mol. The van der Waals surface area contributed by atoms with E-state index in [1.807, 2.05) is 4.90 Å². The molecule has 0 fully saturated rings. The summed E-state index contributed by atoms with van der Waals surface area (Å²) in [6.45, 7) is 4.61. The zero-order chi connectivity index (χ0) is 26.7. The molecule has 0 aliphatic carbocycles. The second-order valence-corrected chi connectivity index (χ2v) is 9.79. The summed E-state index contributed by atoms with van der Waals surface area (Å²) in [7, 11) is 0. The van der Waals surface area contributed by atoms with Gasteiger partial charge < -0.3 is 20.3 Å². The van der Waals surface area contributed by atoms with Crippen molar-refractivity contribution in [3.8, 4) is 0 Å². The van der Waals surface area contributed by atoms with E-state index < -0.39 is 11.9 Å². The van der Waals surface area contributed by atoms with Crippen molar-refractivity contribution in [2.24, 2.45) is 0 Å². The van der Waals surface area contributed by atoms with Gasteiger partial charge in [0, 0.05) is 32.6 Å². The molecule has 8 nitrogen and oxygen atoms in total. The summed E-state index contributed by atoms with van der Waals surface area (Å²) in [5.74, 6) is -1.74. The molecule has 0 atom stereocenters. The van der Waals surface area contributed by atoms with E-state index in [4.69, 9.17) is 14.9 Å². The zero-order valence-corrected chi connectivity index (χ0v) is 25.9. The van der Waals surface area contributed by atoms with E-state index in [2.05, 4.69) is 12.2 Å². The molecule has 3 N–H and O–H groups in total. The quantitative estimate of drug-likeness (QED) is 0.104. The van der Waals surface area contributed by atoms with Crippen LogP contribution in [0.5, 0.6) is 0 Å². The summed E-state index contributed by atoms with van der Waals surface area (Å²) in [5.41, 5.74) is 0. The van der Waals surface area contributed by atoms with E-state index in [0.717, 1.165) is 12.8 Å². The van der Waals surface area contributed by atoms with Gasteiger partial charge in [-0.25, -0.2) is 0 Å². The molecule has 0 spiro atoms. The van der Waals surface area contributed by atoms with Gasteiger partial charge in [0.25, 0.3) is 0 Å². The first-order chi connectivity index (χ1) is 17.5. The summed E-state index contributed by atoms with van der Waals surface area (Å²) in [6, 6.07) is 0. The fourth-order valence-corrected chi connectivity index (χ4v) is 4.14. The number of carbonyl (C=O) groups is 3. The van der Waals surface area contributed by atoms with E-state index in [-0.39, 0.29) is 54.9 Å². The third kappa shape index (κ3) is 31.4. The number of ether oxygens (including phenoxy) is 1. The molecule has 0 bridgehead atoms. The van der Waals surface area contributed by atoms with E-state index in [1.54, 1.807) is 0 Å². The van der Waals surface area contributed by atoms with Crippen molar-refractivity contribution in [1.29, 1.82) is 0 Å². The molecule has 9 heteroatoms. The standard InChI is InChI=1S/C28H54N2O6.Na/c1-2-3-4-5-6-7-8-9-10-11-12-13-14-15-16-17-26(31)29-20-22-30(21-18-27(32)33)23-25-36-24-19-28(34)35;/h2-25H2,1H3,(H,29,31)(H,32,33)(H,34,35);/q;+1. The second-order valence-electron chi connectivity index (χ2n) is 9.79. The van der Waals surface area contributed by atoms with Crippen molar-refractivity contribution < 1.29 is 58.9 Å². The van der Waals surface area contributed by atoms with Crippen LogP contribution >= 0.6 is 0 Å². The van der Waals surface area contributed by atoms with Crippen LogP contribution < -0.4 is 34.9 Å². The van der Waals surface area contributed by atoms with Gasteiger partial charge in [0.05, 0.1) is 26.1 Å². The minimum absolute atomic E-state index is 0. The van der Waals surface area contributed by atoms with Crippen LogP contribution in [0.1, 0.15) is 122 Å². The Balaban J connectivity index is 0. The van der Waals surface area contributed by atoms with Crippen molar-refractivity contribution >= 4 is 17.8 Å². The van der Waals surface area contributed by atoms with Gasteiger partial charge in [0.2, 0.25) is 5.91 Å². The molecule has 0 unspecified atom stereocenters. The number of amides is 1. The Morgan fingerprint density at radius 3 is 1.59 bits per heavy atom. The summed E-state index contributed by atoms with van der Waals surface area (Å²) < 4.78 is 5.29. The fraction of sp³-hybridized carbons (Fsp3) is 0.893. The summed E-state index contributed by atoms with van der Waals surface area (Å²) in [4.78, 5) is 35.4. The smallest absolute Gasteiger partial charge is 0.481 e. The molecule has 0 aromatic carbocycles. The Morgan fingerprint density at radius 2 is 1.11 bits per heavy atom. The minimum atomic E-state index is -0.908. The van der Waals surface area contributed by atoms with E-state index in [1.165, 1.54) is 83.5 Å². The minimum Gasteiger partial charge on any atom is -0.481 e. The van der Waals surface area contributed by atoms with Crippen LogP contribution in [0, 0.1) is 0 Å². The van der Waals surface area contributed by atoms with Crippen molar-refractivity contribution in [3.63, 3.8) is 0 Å². The van der Waals surface area contributed by atoms with E-state index in [9.17, 15) is 14.4 Å². The number of nitrogens with one attached hydrogen (secondary N) is 1. The number of rotatable bonds is 28. The van der Waals surface area contributed by atoms with E-state index >= 15 is 0 Å². The van der Waals surface area contributed by atoms with Crippen LogP contribution in [-0.4, -0.2) is 72.4 Å². The molecule has 0 aromatic heterocycles. The van der Waals surface area contributed by atoms with E-state index in [0.29, 0.717) is 39.2 Å². The van der Waals surface area contributed by atoms with Crippen LogP contribution in [0.4, 0.5) is 0 Å². The first-order valence-electron chi connectivity index (χ1n) is 14.5. The maximum atomic E-state index is 12.1. The molecule has 37 heavy (non-hydrogen) atoms. The Kier molecular flexibility index (Phi) is 31.1. The Hall–Kier alpha value is -0.670. The van der Waals surface area contributed by atoms with Crippen LogP contribution in [0.25, 0.3) is 0 Å². The van der Waals surface area contributed by atoms with Crippen LogP contribution in [0.2, 0.25) is 0 Å².